The van der Waals surface area contributed by atoms with Crippen LogP contribution < -0.4 is 18.5 Å². The smallest absolute Gasteiger partial charge is 0.247 e. The van der Waals surface area contributed by atoms with Crippen molar-refractivity contribution in [3.63, 3.8) is 0 Å². The summed E-state index contributed by atoms with van der Waals surface area (Å²) in [5.41, 5.74) is 4.01. The third kappa shape index (κ3) is 5.06. The summed E-state index contributed by atoms with van der Waals surface area (Å²) in [5.74, 6) is 2.30. The predicted octanol–water partition coefficient (Wildman–Crippen LogP) is 6.17. The Balaban J connectivity index is 1.77. The number of aromatic nitrogens is 3. The standard InChI is InChI=1S/C25H25BrN6O/c1-18-10-12-19(13-11-18)30(2)23-27-24(31(3)20-14-16-22(33-4)17-15-20)29-25(28-23)32(26)21-8-6-5-7-9-21/h5-17H,1-4H3. The molecular weight excluding hydrogens is 480 g/mol. The maximum Gasteiger partial charge on any atom is 0.247 e. The van der Waals surface area contributed by atoms with Crippen LogP contribution in [0.2, 0.25) is 0 Å². The van der Waals surface area contributed by atoms with Gasteiger partial charge < -0.3 is 14.5 Å². The molecule has 0 aliphatic heterocycles. The van der Waals surface area contributed by atoms with Gasteiger partial charge in [0.1, 0.15) is 5.75 Å². The van der Waals surface area contributed by atoms with Crippen molar-refractivity contribution in [2.24, 2.45) is 0 Å². The molecule has 0 unspecified atom stereocenters. The van der Waals surface area contributed by atoms with Crippen LogP contribution in [0.3, 0.4) is 0 Å². The van der Waals surface area contributed by atoms with E-state index in [0.29, 0.717) is 17.8 Å². The van der Waals surface area contributed by atoms with Gasteiger partial charge in [0.2, 0.25) is 17.8 Å². The van der Waals surface area contributed by atoms with Crippen LogP contribution in [0.25, 0.3) is 0 Å². The van der Waals surface area contributed by atoms with Crippen LogP contribution in [0.5, 0.6) is 5.75 Å². The number of rotatable bonds is 7. The number of methoxy groups -OCH3 is 1. The maximum atomic E-state index is 5.28. The molecule has 3 aromatic carbocycles. The molecule has 0 amide bonds. The predicted molar refractivity (Wildman–Crippen MR) is 138 cm³/mol. The molecule has 4 rings (SSSR count). The van der Waals surface area contributed by atoms with E-state index >= 15 is 0 Å². The minimum absolute atomic E-state index is 0.473. The summed E-state index contributed by atoms with van der Waals surface area (Å²) in [6.07, 6.45) is 0. The van der Waals surface area contributed by atoms with Gasteiger partial charge >= 0.3 is 0 Å². The second kappa shape index (κ2) is 9.87. The van der Waals surface area contributed by atoms with Crippen LogP contribution in [-0.4, -0.2) is 36.2 Å². The Morgan fingerprint density at radius 2 is 1.12 bits per heavy atom. The first-order chi connectivity index (χ1) is 16.0. The van der Waals surface area contributed by atoms with Gasteiger partial charge in [-0.15, -0.1) is 0 Å². The molecule has 0 saturated carbocycles. The van der Waals surface area contributed by atoms with E-state index in [1.54, 1.807) is 11.0 Å². The van der Waals surface area contributed by atoms with Gasteiger partial charge in [-0.25, -0.2) is 3.93 Å². The number of hydrogen-bond acceptors (Lipinski definition) is 7. The van der Waals surface area contributed by atoms with Gasteiger partial charge in [-0.3, -0.25) is 0 Å². The van der Waals surface area contributed by atoms with Gasteiger partial charge in [0, 0.05) is 25.5 Å². The average molecular weight is 505 g/mol. The van der Waals surface area contributed by atoms with E-state index in [2.05, 4.69) is 47.3 Å². The van der Waals surface area contributed by atoms with Crippen LogP contribution in [0, 0.1) is 6.92 Å². The minimum Gasteiger partial charge on any atom is -0.497 e. The molecule has 0 bridgehead atoms. The molecule has 0 atom stereocenters. The largest absolute Gasteiger partial charge is 0.497 e. The van der Waals surface area contributed by atoms with Gasteiger partial charge in [0.05, 0.1) is 28.9 Å². The monoisotopic (exact) mass is 504 g/mol. The summed E-state index contributed by atoms with van der Waals surface area (Å²) in [5, 5.41) is 0. The normalized spacial score (nSPS) is 10.6. The second-order valence-electron chi connectivity index (χ2n) is 7.50. The van der Waals surface area contributed by atoms with Crippen molar-refractivity contribution in [2.45, 2.75) is 6.92 Å². The van der Waals surface area contributed by atoms with Crippen LogP contribution in [0.4, 0.5) is 34.9 Å². The van der Waals surface area contributed by atoms with E-state index in [0.717, 1.165) is 22.8 Å². The molecule has 4 aromatic rings. The van der Waals surface area contributed by atoms with E-state index in [4.69, 9.17) is 19.7 Å². The molecule has 0 N–H and O–H groups in total. The summed E-state index contributed by atoms with van der Waals surface area (Å²) < 4.78 is 7.05. The number of para-hydroxylation sites is 1. The highest BCUT2D eigenvalue weighted by Crippen LogP contribution is 2.32. The zero-order chi connectivity index (χ0) is 23.4. The minimum atomic E-state index is 0.473. The third-order valence-electron chi connectivity index (χ3n) is 5.24. The van der Waals surface area contributed by atoms with Crippen molar-refractivity contribution in [1.82, 2.24) is 15.0 Å². The summed E-state index contributed by atoms with van der Waals surface area (Å²) in [6, 6.07) is 25.9. The van der Waals surface area contributed by atoms with Gasteiger partial charge in [-0.05, 0) is 55.5 Å². The zero-order valence-electron chi connectivity index (χ0n) is 19.0. The van der Waals surface area contributed by atoms with Crippen molar-refractivity contribution in [2.75, 3.05) is 34.9 Å². The SMILES string of the molecule is COc1ccc(N(C)c2nc(N(C)c3ccc(C)cc3)nc(N(Br)c3ccccc3)n2)cc1. The van der Waals surface area contributed by atoms with E-state index in [9.17, 15) is 0 Å². The molecule has 168 valence electrons. The summed E-state index contributed by atoms with van der Waals surface area (Å²) in [4.78, 5) is 18.1. The molecular formula is C25H25BrN6O. The highest BCUT2D eigenvalue weighted by atomic mass is 79.9. The van der Waals surface area contributed by atoms with Crippen molar-refractivity contribution in [3.8, 4) is 5.75 Å². The fourth-order valence-corrected chi connectivity index (χ4v) is 3.61. The Bertz CT molecular complexity index is 1200. The van der Waals surface area contributed by atoms with E-state index in [1.165, 1.54) is 5.56 Å². The van der Waals surface area contributed by atoms with Gasteiger partial charge in [-0.2, -0.15) is 15.0 Å². The number of hydrogen-bond donors (Lipinski definition) is 0. The third-order valence-corrected chi connectivity index (χ3v) is 5.97. The van der Waals surface area contributed by atoms with Crippen molar-refractivity contribution < 1.29 is 4.74 Å². The van der Waals surface area contributed by atoms with Crippen molar-refractivity contribution in [3.05, 3.63) is 84.4 Å². The Hall–Kier alpha value is -3.65. The van der Waals surface area contributed by atoms with Gasteiger partial charge in [0.25, 0.3) is 0 Å². The maximum absolute atomic E-state index is 5.28. The van der Waals surface area contributed by atoms with Crippen LogP contribution in [0.15, 0.2) is 78.9 Å². The van der Waals surface area contributed by atoms with Gasteiger partial charge in [-0.1, -0.05) is 35.9 Å². The fourth-order valence-electron chi connectivity index (χ4n) is 3.21. The summed E-state index contributed by atoms with van der Waals surface area (Å²) in [7, 11) is 5.53. The Morgan fingerprint density at radius 3 is 1.64 bits per heavy atom. The molecule has 7 nitrogen and oxygen atoms in total. The second-order valence-corrected chi connectivity index (χ2v) is 8.21. The molecule has 33 heavy (non-hydrogen) atoms. The fraction of sp³-hybridized carbons (Fsp3) is 0.160. The Morgan fingerprint density at radius 1 is 0.636 bits per heavy atom. The first kappa shape index (κ1) is 22.5. The number of halogens is 1. The molecule has 0 fully saturated rings. The lowest BCUT2D eigenvalue weighted by Crippen LogP contribution is -2.20. The molecule has 0 saturated heterocycles. The lowest BCUT2D eigenvalue weighted by molar-refractivity contribution is 0.415. The number of ether oxygens (including phenoxy) is 1. The first-order valence-electron chi connectivity index (χ1n) is 10.4. The molecule has 1 heterocycles. The average Bonchev–Trinajstić information content (AvgIpc) is 2.88. The molecule has 0 radical (unpaired) electrons. The molecule has 1 aromatic heterocycles. The van der Waals surface area contributed by atoms with Crippen LogP contribution in [-0.2, 0) is 0 Å². The van der Waals surface area contributed by atoms with Crippen molar-refractivity contribution >= 4 is 51.1 Å². The highest BCUT2D eigenvalue weighted by Gasteiger charge is 2.19. The van der Waals surface area contributed by atoms with E-state index in [-0.39, 0.29) is 0 Å². The lowest BCUT2D eigenvalue weighted by atomic mass is 10.2. The van der Waals surface area contributed by atoms with Crippen molar-refractivity contribution in [1.29, 1.82) is 0 Å². The topological polar surface area (TPSA) is 57.6 Å². The van der Waals surface area contributed by atoms with E-state index in [1.807, 2.05) is 78.5 Å². The summed E-state index contributed by atoms with van der Waals surface area (Å²) >= 11 is 3.63. The number of aryl methyl sites for hydroxylation is 1. The van der Waals surface area contributed by atoms with Crippen LogP contribution >= 0.6 is 16.1 Å². The van der Waals surface area contributed by atoms with E-state index < -0.39 is 0 Å². The summed E-state index contributed by atoms with van der Waals surface area (Å²) in [6.45, 7) is 2.06. The molecule has 0 aliphatic carbocycles. The highest BCUT2D eigenvalue weighted by molar-refractivity contribution is 9.10. The number of nitrogens with zero attached hydrogens (tertiary/aromatic N) is 6. The van der Waals surface area contributed by atoms with Crippen LogP contribution in [0.1, 0.15) is 5.56 Å². The molecule has 0 aliphatic rings. The number of benzene rings is 3. The Kier molecular flexibility index (Phi) is 6.74. The quantitative estimate of drug-likeness (QED) is 0.278. The first-order valence-corrected chi connectivity index (χ1v) is 11.1. The lowest BCUT2D eigenvalue weighted by Gasteiger charge is -2.24. The zero-order valence-corrected chi connectivity index (χ0v) is 20.6. The Labute approximate surface area is 202 Å². The van der Waals surface area contributed by atoms with Gasteiger partial charge in [0.15, 0.2) is 0 Å². The molecule has 8 heteroatoms. The number of anilines is 6. The molecule has 0 spiro atoms.